The number of rotatable bonds is 1. The zero-order valence-electron chi connectivity index (χ0n) is 5.53. The molecule has 0 aliphatic heterocycles. The molecule has 3 heteroatoms. The Balaban J connectivity index is 3.27. The Hall–Kier alpha value is -1.38. The van der Waals surface area contributed by atoms with Crippen LogP contribution in [0.2, 0.25) is 0 Å². The highest BCUT2D eigenvalue weighted by Crippen LogP contribution is 2.28. The normalized spacial score (nSPS) is 9.30. The number of phenols is 1. The van der Waals surface area contributed by atoms with E-state index in [-0.39, 0.29) is 11.4 Å². The van der Waals surface area contributed by atoms with Crippen molar-refractivity contribution in [1.29, 1.82) is 0 Å². The highest BCUT2D eigenvalue weighted by Gasteiger charge is 2.01. The monoisotopic (exact) mass is 137 g/mol. The second-order valence-corrected chi connectivity index (χ2v) is 2.03. The summed E-state index contributed by atoms with van der Waals surface area (Å²) < 4.78 is 0. The van der Waals surface area contributed by atoms with Crippen LogP contribution in [0.5, 0.6) is 5.75 Å². The molecule has 3 nitrogen and oxygen atoms in total. The van der Waals surface area contributed by atoms with Gasteiger partial charge in [-0.2, -0.15) is 0 Å². The summed E-state index contributed by atoms with van der Waals surface area (Å²) in [6.07, 6.45) is 0. The van der Waals surface area contributed by atoms with Crippen molar-refractivity contribution in [3.8, 4) is 5.75 Å². The Morgan fingerprint density at radius 1 is 1.50 bits per heavy atom. The van der Waals surface area contributed by atoms with Crippen LogP contribution in [0.3, 0.4) is 0 Å². The van der Waals surface area contributed by atoms with Gasteiger partial charge < -0.3 is 5.11 Å². The quantitative estimate of drug-likeness (QED) is 0.602. The van der Waals surface area contributed by atoms with E-state index < -0.39 is 0 Å². The highest BCUT2D eigenvalue weighted by atomic mass is 16.3. The first-order valence-corrected chi connectivity index (χ1v) is 2.87. The second kappa shape index (κ2) is 2.47. The number of hydrogen-bond acceptors (Lipinski definition) is 3. The number of para-hydroxylation sites is 1. The molecule has 0 amide bonds. The van der Waals surface area contributed by atoms with Gasteiger partial charge >= 0.3 is 0 Å². The maximum atomic E-state index is 9.97. The molecule has 0 heterocycles. The lowest BCUT2D eigenvalue weighted by atomic mass is 10.2. The summed E-state index contributed by atoms with van der Waals surface area (Å²) in [6, 6.07) is 4.85. The minimum absolute atomic E-state index is 0.0301. The van der Waals surface area contributed by atoms with Crippen LogP contribution in [-0.4, -0.2) is 5.11 Å². The number of phenolic OH excluding ortho intramolecular Hbond substituents is 1. The van der Waals surface area contributed by atoms with Gasteiger partial charge in [-0.3, -0.25) is 0 Å². The van der Waals surface area contributed by atoms with Gasteiger partial charge in [-0.05, 0) is 23.7 Å². The van der Waals surface area contributed by atoms with Crippen molar-refractivity contribution in [2.24, 2.45) is 5.18 Å². The summed E-state index contributed by atoms with van der Waals surface area (Å²) in [6.45, 7) is 1.71. The van der Waals surface area contributed by atoms with Crippen molar-refractivity contribution >= 4 is 5.69 Å². The van der Waals surface area contributed by atoms with Crippen molar-refractivity contribution in [2.45, 2.75) is 6.92 Å². The lowest BCUT2D eigenvalue weighted by Crippen LogP contribution is -1.72. The molecule has 0 bridgehead atoms. The van der Waals surface area contributed by atoms with E-state index in [9.17, 15) is 4.91 Å². The summed E-state index contributed by atoms with van der Waals surface area (Å²) >= 11 is 0. The molecule has 10 heavy (non-hydrogen) atoms. The van der Waals surface area contributed by atoms with Crippen molar-refractivity contribution in [2.75, 3.05) is 0 Å². The molecule has 0 saturated carbocycles. The molecule has 0 spiro atoms. The Kier molecular flexibility index (Phi) is 1.67. The van der Waals surface area contributed by atoms with E-state index in [0.29, 0.717) is 5.56 Å². The molecule has 0 radical (unpaired) electrons. The van der Waals surface area contributed by atoms with E-state index in [1.807, 2.05) is 0 Å². The van der Waals surface area contributed by atoms with Gasteiger partial charge in [0.25, 0.3) is 0 Å². The zero-order valence-corrected chi connectivity index (χ0v) is 5.53. The SMILES string of the molecule is Cc1cccc(N=O)c1O. The minimum Gasteiger partial charge on any atom is -0.505 e. The molecule has 0 atom stereocenters. The average Bonchev–Trinajstić information content (AvgIpc) is 1.95. The lowest BCUT2D eigenvalue weighted by molar-refractivity contribution is 0.472. The first-order chi connectivity index (χ1) is 4.75. The topological polar surface area (TPSA) is 49.7 Å². The fraction of sp³-hybridized carbons (Fsp3) is 0.143. The summed E-state index contributed by atoms with van der Waals surface area (Å²) in [4.78, 5) is 9.97. The average molecular weight is 137 g/mol. The summed E-state index contributed by atoms with van der Waals surface area (Å²) in [5.41, 5.74) is 0.761. The summed E-state index contributed by atoms with van der Waals surface area (Å²) in [7, 11) is 0. The largest absolute Gasteiger partial charge is 0.505 e. The zero-order chi connectivity index (χ0) is 7.56. The number of aryl methyl sites for hydroxylation is 1. The number of aromatic hydroxyl groups is 1. The van der Waals surface area contributed by atoms with E-state index in [1.54, 1.807) is 19.1 Å². The Morgan fingerprint density at radius 3 is 2.70 bits per heavy atom. The molecule has 0 aliphatic rings. The van der Waals surface area contributed by atoms with Crippen LogP contribution in [0.1, 0.15) is 5.56 Å². The maximum Gasteiger partial charge on any atom is 0.149 e. The van der Waals surface area contributed by atoms with Gasteiger partial charge in [0.15, 0.2) is 0 Å². The van der Waals surface area contributed by atoms with Crippen LogP contribution in [0.4, 0.5) is 5.69 Å². The number of nitrogens with zero attached hydrogens (tertiary/aromatic N) is 1. The van der Waals surface area contributed by atoms with Gasteiger partial charge in [0.05, 0.1) is 0 Å². The van der Waals surface area contributed by atoms with Crippen molar-refractivity contribution in [1.82, 2.24) is 0 Å². The van der Waals surface area contributed by atoms with Gasteiger partial charge in [-0.15, -0.1) is 4.91 Å². The van der Waals surface area contributed by atoms with E-state index in [4.69, 9.17) is 5.11 Å². The molecule has 1 rings (SSSR count). The third kappa shape index (κ3) is 0.978. The van der Waals surface area contributed by atoms with E-state index in [0.717, 1.165) is 0 Å². The fourth-order valence-corrected chi connectivity index (χ4v) is 0.717. The third-order valence-electron chi connectivity index (χ3n) is 1.31. The van der Waals surface area contributed by atoms with Crippen molar-refractivity contribution in [3.63, 3.8) is 0 Å². The van der Waals surface area contributed by atoms with Gasteiger partial charge in [-0.1, -0.05) is 12.1 Å². The fourth-order valence-electron chi connectivity index (χ4n) is 0.717. The summed E-state index contributed by atoms with van der Waals surface area (Å²) in [5.74, 6) is -0.0301. The molecule has 1 N–H and O–H groups in total. The van der Waals surface area contributed by atoms with Gasteiger partial charge in [0.1, 0.15) is 11.4 Å². The smallest absolute Gasteiger partial charge is 0.149 e. The van der Waals surface area contributed by atoms with Crippen LogP contribution in [0.25, 0.3) is 0 Å². The molecule has 0 fully saturated rings. The van der Waals surface area contributed by atoms with Crippen molar-refractivity contribution < 1.29 is 5.11 Å². The van der Waals surface area contributed by atoms with Gasteiger partial charge in [0.2, 0.25) is 0 Å². The first-order valence-electron chi connectivity index (χ1n) is 2.87. The molecule has 1 aromatic carbocycles. The molecular weight excluding hydrogens is 130 g/mol. The van der Waals surface area contributed by atoms with E-state index in [2.05, 4.69) is 5.18 Å². The van der Waals surface area contributed by atoms with Crippen LogP contribution in [-0.2, 0) is 0 Å². The van der Waals surface area contributed by atoms with Gasteiger partial charge in [0, 0.05) is 0 Å². The Labute approximate surface area is 58.3 Å². The molecule has 0 aromatic heterocycles. The molecule has 1 aromatic rings. The molecule has 52 valence electrons. The van der Waals surface area contributed by atoms with E-state index in [1.165, 1.54) is 6.07 Å². The first kappa shape index (κ1) is 6.74. The van der Waals surface area contributed by atoms with Crippen LogP contribution in [0.15, 0.2) is 23.4 Å². The highest BCUT2D eigenvalue weighted by molar-refractivity contribution is 5.54. The van der Waals surface area contributed by atoms with Crippen LogP contribution in [0, 0.1) is 11.8 Å². The number of hydrogen-bond donors (Lipinski definition) is 1. The number of nitroso groups, excluding NO2 is 1. The van der Waals surface area contributed by atoms with Crippen molar-refractivity contribution in [3.05, 3.63) is 28.7 Å². The molecule has 0 aliphatic carbocycles. The lowest BCUT2D eigenvalue weighted by Gasteiger charge is -1.97. The molecular formula is C7H7NO2. The third-order valence-corrected chi connectivity index (χ3v) is 1.31. The predicted octanol–water partition coefficient (Wildman–Crippen LogP) is 2.10. The predicted molar refractivity (Wildman–Crippen MR) is 38.3 cm³/mol. The Morgan fingerprint density at radius 2 is 2.20 bits per heavy atom. The van der Waals surface area contributed by atoms with E-state index >= 15 is 0 Å². The standard InChI is InChI=1S/C7H7NO2/c1-5-3-2-4-6(8-10)7(5)9/h2-4,9H,1H3. The second-order valence-electron chi connectivity index (χ2n) is 2.03. The molecule has 0 unspecified atom stereocenters. The van der Waals surface area contributed by atoms with Crippen LogP contribution >= 0.6 is 0 Å². The maximum absolute atomic E-state index is 9.97. The van der Waals surface area contributed by atoms with Gasteiger partial charge in [-0.25, -0.2) is 0 Å². The van der Waals surface area contributed by atoms with Crippen LogP contribution < -0.4 is 0 Å². The minimum atomic E-state index is -0.0301. The molecule has 0 saturated heterocycles. The summed E-state index contributed by atoms with van der Waals surface area (Å²) in [5, 5.41) is 11.7. The number of benzene rings is 1. The Bertz CT molecular complexity index is 258.